The molecule has 0 atom stereocenters. The van der Waals surface area contributed by atoms with Crippen molar-refractivity contribution in [2.45, 2.75) is 26.7 Å². The zero-order valence-corrected chi connectivity index (χ0v) is 16.2. The number of rotatable bonds is 4. The molecule has 0 unspecified atom stereocenters. The molecule has 4 nitrogen and oxygen atoms in total. The van der Waals surface area contributed by atoms with Crippen LogP contribution in [0.3, 0.4) is 0 Å². The molecule has 0 spiro atoms. The lowest BCUT2D eigenvalue weighted by Gasteiger charge is -2.06. The molecule has 27 heavy (non-hydrogen) atoms. The maximum atomic E-state index is 4.47. The number of thiophene rings is 1. The number of aromatic nitrogens is 3. The molecule has 3 heterocycles. The summed E-state index contributed by atoms with van der Waals surface area (Å²) in [5, 5.41) is 7.11. The van der Waals surface area contributed by atoms with E-state index in [1.165, 1.54) is 26.7 Å². The predicted molar refractivity (Wildman–Crippen MR) is 115 cm³/mol. The number of aromatic amines is 1. The van der Waals surface area contributed by atoms with Crippen LogP contribution in [0.25, 0.3) is 32.0 Å². The van der Waals surface area contributed by atoms with E-state index < -0.39 is 0 Å². The second kappa shape index (κ2) is 6.35. The number of hydrogen-bond donors (Lipinski definition) is 2. The molecular weight excluding hydrogens is 352 g/mol. The van der Waals surface area contributed by atoms with Crippen LogP contribution >= 0.6 is 11.3 Å². The molecule has 0 aliphatic rings. The third-order valence-electron chi connectivity index (χ3n) is 5.09. The molecule has 5 rings (SSSR count). The van der Waals surface area contributed by atoms with Crippen molar-refractivity contribution in [3.8, 4) is 0 Å². The van der Waals surface area contributed by atoms with E-state index in [0.717, 1.165) is 40.1 Å². The number of H-pyrrole nitrogens is 1. The van der Waals surface area contributed by atoms with Crippen molar-refractivity contribution in [3.63, 3.8) is 0 Å². The van der Waals surface area contributed by atoms with Crippen LogP contribution in [0.5, 0.6) is 0 Å². The average Bonchev–Trinajstić information content (AvgIpc) is 3.29. The fourth-order valence-corrected chi connectivity index (χ4v) is 4.61. The third kappa shape index (κ3) is 2.66. The number of aryl methyl sites for hydroxylation is 2. The van der Waals surface area contributed by atoms with Gasteiger partial charge in [-0.2, -0.15) is 0 Å². The van der Waals surface area contributed by atoms with Crippen molar-refractivity contribution in [2.24, 2.45) is 0 Å². The molecule has 0 radical (unpaired) electrons. The van der Waals surface area contributed by atoms with Crippen LogP contribution in [0, 0.1) is 0 Å². The first-order valence-corrected chi connectivity index (χ1v) is 10.1. The van der Waals surface area contributed by atoms with Crippen LogP contribution in [0.4, 0.5) is 11.5 Å². The summed E-state index contributed by atoms with van der Waals surface area (Å²) in [5.41, 5.74) is 4.75. The van der Waals surface area contributed by atoms with E-state index in [2.05, 4.69) is 76.6 Å². The van der Waals surface area contributed by atoms with Crippen molar-refractivity contribution in [3.05, 3.63) is 59.2 Å². The smallest absolute Gasteiger partial charge is 0.142 e. The lowest BCUT2D eigenvalue weighted by atomic mass is 10.1. The largest absolute Gasteiger partial charge is 0.354 e. The minimum Gasteiger partial charge on any atom is -0.354 e. The van der Waals surface area contributed by atoms with Crippen LogP contribution in [0.1, 0.15) is 24.3 Å². The van der Waals surface area contributed by atoms with Crippen molar-refractivity contribution >= 4 is 54.9 Å². The molecule has 2 N–H and O–H groups in total. The van der Waals surface area contributed by atoms with Gasteiger partial charge < -0.3 is 10.3 Å². The van der Waals surface area contributed by atoms with E-state index in [-0.39, 0.29) is 0 Å². The Morgan fingerprint density at radius 1 is 0.963 bits per heavy atom. The van der Waals surface area contributed by atoms with Gasteiger partial charge in [-0.05, 0) is 36.6 Å². The number of nitrogens with one attached hydrogen (secondary N) is 2. The van der Waals surface area contributed by atoms with Crippen LogP contribution in [-0.4, -0.2) is 15.0 Å². The Morgan fingerprint density at radius 3 is 2.74 bits per heavy atom. The van der Waals surface area contributed by atoms with Gasteiger partial charge in [-0.1, -0.05) is 38.1 Å². The van der Waals surface area contributed by atoms with Gasteiger partial charge in [-0.3, -0.25) is 0 Å². The maximum absolute atomic E-state index is 4.47. The van der Waals surface area contributed by atoms with Gasteiger partial charge >= 0.3 is 0 Å². The molecular formula is C22H20N4S. The Morgan fingerprint density at radius 2 is 1.89 bits per heavy atom. The van der Waals surface area contributed by atoms with Crippen LogP contribution in [0.15, 0.2) is 48.8 Å². The van der Waals surface area contributed by atoms with Gasteiger partial charge in [-0.25, -0.2) is 9.97 Å². The molecule has 0 aliphatic heterocycles. The molecule has 0 fully saturated rings. The van der Waals surface area contributed by atoms with E-state index in [4.69, 9.17) is 0 Å². The Balaban J connectivity index is 1.60. The first-order chi connectivity index (χ1) is 13.3. The second-order valence-electron chi connectivity index (χ2n) is 6.71. The topological polar surface area (TPSA) is 53.6 Å². The molecule has 0 saturated carbocycles. The van der Waals surface area contributed by atoms with E-state index in [1.54, 1.807) is 17.7 Å². The van der Waals surface area contributed by atoms with Crippen LogP contribution in [-0.2, 0) is 12.8 Å². The normalized spacial score (nSPS) is 11.6. The van der Waals surface area contributed by atoms with Crippen LogP contribution < -0.4 is 5.32 Å². The molecule has 5 heteroatoms. The standard InChI is InChI=1S/C22H20N4S/c1-3-13-6-5-7-17-16-9-8-14(10-19(16)26-20(13)17)25-21-18-11-15(4-2)27-22(18)24-12-23-21/h5-12,26H,3-4H2,1-2H3,(H,23,24,25). The molecule has 2 aromatic carbocycles. The monoisotopic (exact) mass is 372 g/mol. The van der Waals surface area contributed by atoms with E-state index in [0.29, 0.717) is 0 Å². The molecule has 0 bridgehead atoms. The maximum Gasteiger partial charge on any atom is 0.142 e. The average molecular weight is 372 g/mol. The fourth-order valence-electron chi connectivity index (χ4n) is 3.68. The summed E-state index contributed by atoms with van der Waals surface area (Å²) in [6.45, 7) is 4.36. The highest BCUT2D eigenvalue weighted by Crippen LogP contribution is 2.33. The van der Waals surface area contributed by atoms with Crippen molar-refractivity contribution in [2.75, 3.05) is 5.32 Å². The highest BCUT2D eigenvalue weighted by molar-refractivity contribution is 7.18. The Kier molecular flexibility index (Phi) is 3.83. The minimum atomic E-state index is 0.862. The third-order valence-corrected chi connectivity index (χ3v) is 6.28. The number of para-hydroxylation sites is 1. The zero-order valence-electron chi connectivity index (χ0n) is 15.3. The summed E-state index contributed by atoms with van der Waals surface area (Å²) in [6, 6.07) is 15.2. The Labute approximate surface area is 161 Å². The molecule has 0 amide bonds. The van der Waals surface area contributed by atoms with E-state index in [9.17, 15) is 0 Å². The zero-order chi connectivity index (χ0) is 18.4. The van der Waals surface area contributed by atoms with Gasteiger partial charge in [0.1, 0.15) is 17.0 Å². The molecule has 3 aromatic heterocycles. The summed E-state index contributed by atoms with van der Waals surface area (Å²) < 4.78 is 0. The first-order valence-electron chi connectivity index (χ1n) is 9.30. The van der Waals surface area contributed by atoms with Crippen molar-refractivity contribution in [1.29, 1.82) is 0 Å². The van der Waals surface area contributed by atoms with Gasteiger partial charge in [0.05, 0.1) is 5.39 Å². The molecule has 0 aliphatic carbocycles. The van der Waals surface area contributed by atoms with E-state index in [1.807, 2.05) is 0 Å². The number of fused-ring (bicyclic) bond motifs is 4. The summed E-state index contributed by atoms with van der Waals surface area (Å²) in [4.78, 5) is 14.8. The van der Waals surface area contributed by atoms with Crippen molar-refractivity contribution in [1.82, 2.24) is 15.0 Å². The number of anilines is 2. The SMILES string of the molecule is CCc1cc2c(Nc3ccc4c(c3)[nH]c3c(CC)cccc34)ncnc2s1. The number of benzene rings is 2. The fraction of sp³-hybridized carbons (Fsp3) is 0.182. The lowest BCUT2D eigenvalue weighted by Crippen LogP contribution is -1.94. The summed E-state index contributed by atoms with van der Waals surface area (Å²) in [5.74, 6) is 0.862. The number of hydrogen-bond acceptors (Lipinski definition) is 4. The van der Waals surface area contributed by atoms with Gasteiger partial charge in [0.15, 0.2) is 0 Å². The number of nitrogens with zero attached hydrogens (tertiary/aromatic N) is 2. The quantitative estimate of drug-likeness (QED) is 0.395. The Bertz CT molecular complexity index is 1280. The van der Waals surface area contributed by atoms with Crippen molar-refractivity contribution < 1.29 is 0 Å². The van der Waals surface area contributed by atoms with Gasteiger partial charge in [-0.15, -0.1) is 11.3 Å². The molecule has 134 valence electrons. The van der Waals surface area contributed by atoms with Gasteiger partial charge in [0.2, 0.25) is 0 Å². The highest BCUT2D eigenvalue weighted by atomic mass is 32.1. The second-order valence-corrected chi connectivity index (χ2v) is 7.83. The first kappa shape index (κ1) is 16.3. The van der Waals surface area contributed by atoms with Gasteiger partial charge in [0.25, 0.3) is 0 Å². The minimum absolute atomic E-state index is 0.862. The lowest BCUT2D eigenvalue weighted by molar-refractivity contribution is 1.15. The van der Waals surface area contributed by atoms with Gasteiger partial charge in [0, 0.05) is 32.4 Å². The summed E-state index contributed by atoms with van der Waals surface area (Å²) in [6.07, 6.45) is 3.67. The van der Waals surface area contributed by atoms with Crippen LogP contribution in [0.2, 0.25) is 0 Å². The molecule has 0 saturated heterocycles. The Hall–Kier alpha value is -2.92. The summed E-state index contributed by atoms with van der Waals surface area (Å²) >= 11 is 1.73. The van der Waals surface area contributed by atoms with E-state index >= 15 is 0 Å². The highest BCUT2D eigenvalue weighted by Gasteiger charge is 2.11. The molecule has 5 aromatic rings. The summed E-state index contributed by atoms with van der Waals surface area (Å²) in [7, 11) is 0. The predicted octanol–water partition coefficient (Wildman–Crippen LogP) is 6.19.